The fraction of sp³-hybridized carbons (Fsp3) is 0.462. The van der Waals surface area contributed by atoms with Crippen molar-refractivity contribution in [3.8, 4) is 0 Å². The molecule has 0 amide bonds. The maximum atomic E-state index is 5.79. The van der Waals surface area contributed by atoms with Gasteiger partial charge in [0.15, 0.2) is 5.16 Å². The summed E-state index contributed by atoms with van der Waals surface area (Å²) in [5, 5.41) is 10.6. The molecule has 4 rings (SSSR count). The summed E-state index contributed by atoms with van der Waals surface area (Å²) < 4.78 is 2.33. The Morgan fingerprint density at radius 3 is 2.74 bits per heavy atom. The van der Waals surface area contributed by atoms with Crippen LogP contribution >= 0.6 is 11.8 Å². The Kier molecular flexibility index (Phi) is 2.51. The van der Waals surface area contributed by atoms with Gasteiger partial charge < -0.3 is 10.3 Å². The molecule has 0 saturated heterocycles. The molecule has 5 nitrogen and oxygen atoms in total. The molecule has 6 heteroatoms. The first kappa shape index (κ1) is 11.3. The van der Waals surface area contributed by atoms with Crippen LogP contribution in [0.3, 0.4) is 0 Å². The van der Waals surface area contributed by atoms with Crippen LogP contribution in [0.2, 0.25) is 0 Å². The Balaban J connectivity index is 1.67. The summed E-state index contributed by atoms with van der Waals surface area (Å²) >= 11 is 1.56. The third-order valence-corrected chi connectivity index (χ3v) is 4.39. The number of nitrogen functional groups attached to an aromatic ring is 1. The van der Waals surface area contributed by atoms with E-state index in [9.17, 15) is 0 Å². The van der Waals surface area contributed by atoms with E-state index in [0.717, 1.165) is 15.9 Å². The van der Waals surface area contributed by atoms with Crippen molar-refractivity contribution in [2.75, 3.05) is 5.73 Å². The second-order valence-corrected chi connectivity index (χ2v) is 6.23. The lowest BCUT2D eigenvalue weighted by atomic mass is 10.4. The van der Waals surface area contributed by atoms with Crippen molar-refractivity contribution >= 4 is 17.4 Å². The molecule has 0 atom stereocenters. The van der Waals surface area contributed by atoms with Gasteiger partial charge in [-0.2, -0.15) is 0 Å². The van der Waals surface area contributed by atoms with Crippen LogP contribution in [0.1, 0.15) is 43.5 Å². The zero-order valence-electron chi connectivity index (χ0n) is 10.5. The summed E-state index contributed by atoms with van der Waals surface area (Å²) in [4.78, 5) is 4.33. The number of rotatable bonds is 4. The van der Waals surface area contributed by atoms with Gasteiger partial charge in [-0.3, -0.25) is 0 Å². The summed E-state index contributed by atoms with van der Waals surface area (Å²) in [6.45, 7) is 0. The van der Waals surface area contributed by atoms with Crippen molar-refractivity contribution in [1.82, 2.24) is 19.7 Å². The average Bonchev–Trinajstić information content (AvgIpc) is 3.30. The minimum atomic E-state index is 0.606. The number of anilines is 1. The van der Waals surface area contributed by atoms with Gasteiger partial charge in [-0.15, -0.1) is 10.2 Å². The quantitative estimate of drug-likeness (QED) is 0.927. The molecule has 0 aromatic carbocycles. The first-order valence-electron chi connectivity index (χ1n) is 6.65. The predicted octanol–water partition coefficient (Wildman–Crippen LogP) is 2.62. The van der Waals surface area contributed by atoms with Crippen molar-refractivity contribution in [1.29, 1.82) is 0 Å². The molecule has 2 aliphatic rings. The van der Waals surface area contributed by atoms with E-state index in [0.29, 0.717) is 12.0 Å². The first-order valence-corrected chi connectivity index (χ1v) is 7.47. The molecule has 2 N–H and O–H groups in total. The van der Waals surface area contributed by atoms with Gasteiger partial charge in [-0.25, -0.2) is 4.98 Å². The number of hydrogen-bond donors (Lipinski definition) is 1. The highest BCUT2D eigenvalue weighted by Crippen LogP contribution is 2.46. The normalized spacial score (nSPS) is 18.7. The number of nitrogens with two attached hydrogens (primary N) is 1. The van der Waals surface area contributed by atoms with E-state index in [1.54, 1.807) is 24.0 Å². The van der Waals surface area contributed by atoms with Crippen LogP contribution in [0.25, 0.3) is 0 Å². The monoisotopic (exact) mass is 273 g/mol. The van der Waals surface area contributed by atoms with Gasteiger partial charge >= 0.3 is 0 Å². The smallest absolute Gasteiger partial charge is 0.197 e. The first-order chi connectivity index (χ1) is 9.31. The Morgan fingerprint density at radius 1 is 1.21 bits per heavy atom. The van der Waals surface area contributed by atoms with E-state index < -0.39 is 0 Å². The molecular weight excluding hydrogens is 258 g/mol. The van der Waals surface area contributed by atoms with Crippen LogP contribution < -0.4 is 5.73 Å². The van der Waals surface area contributed by atoms with E-state index in [1.807, 2.05) is 6.07 Å². The number of aromatic nitrogens is 4. The highest BCUT2D eigenvalue weighted by Gasteiger charge is 2.36. The van der Waals surface area contributed by atoms with Gasteiger partial charge in [0.1, 0.15) is 10.9 Å². The molecule has 0 spiro atoms. The van der Waals surface area contributed by atoms with E-state index in [2.05, 4.69) is 19.7 Å². The summed E-state index contributed by atoms with van der Waals surface area (Å²) in [5.41, 5.74) is 6.52. The third-order valence-electron chi connectivity index (χ3n) is 3.50. The molecular formula is C13H15N5S. The van der Waals surface area contributed by atoms with Crippen molar-refractivity contribution < 1.29 is 0 Å². The van der Waals surface area contributed by atoms with Gasteiger partial charge in [0.25, 0.3) is 0 Å². The van der Waals surface area contributed by atoms with Gasteiger partial charge in [0.2, 0.25) is 0 Å². The second kappa shape index (κ2) is 4.23. The molecule has 0 unspecified atom stereocenters. The fourth-order valence-corrected chi connectivity index (χ4v) is 3.15. The number of hydrogen-bond acceptors (Lipinski definition) is 5. The maximum absolute atomic E-state index is 5.79. The molecule has 98 valence electrons. The summed E-state index contributed by atoms with van der Waals surface area (Å²) in [7, 11) is 0. The highest BCUT2D eigenvalue weighted by molar-refractivity contribution is 7.99. The van der Waals surface area contributed by atoms with Gasteiger partial charge in [0.05, 0.1) is 0 Å². The van der Waals surface area contributed by atoms with Crippen LogP contribution in [-0.2, 0) is 0 Å². The minimum absolute atomic E-state index is 0.606. The van der Waals surface area contributed by atoms with Crippen molar-refractivity contribution in [2.45, 2.75) is 47.8 Å². The topological polar surface area (TPSA) is 69.6 Å². The summed E-state index contributed by atoms with van der Waals surface area (Å²) in [6, 6.07) is 4.28. The standard InChI is InChI=1S/C13H15N5S/c14-9-5-6-15-11(7-9)19-13-17-16-12(8-1-2-8)18(13)10-3-4-10/h5-8,10H,1-4H2,(H2,14,15). The van der Waals surface area contributed by atoms with Crippen LogP contribution in [-0.4, -0.2) is 19.7 Å². The van der Waals surface area contributed by atoms with Gasteiger partial charge in [-0.05, 0) is 49.6 Å². The zero-order chi connectivity index (χ0) is 12.8. The maximum Gasteiger partial charge on any atom is 0.197 e. The number of nitrogens with zero attached hydrogens (tertiary/aromatic N) is 4. The van der Waals surface area contributed by atoms with E-state index in [1.165, 1.54) is 31.5 Å². The molecule has 0 radical (unpaired) electrons. The molecule has 2 saturated carbocycles. The largest absolute Gasteiger partial charge is 0.399 e. The molecule has 2 aromatic rings. The van der Waals surface area contributed by atoms with Crippen molar-refractivity contribution in [3.63, 3.8) is 0 Å². The Labute approximate surface area is 115 Å². The molecule has 0 bridgehead atoms. The molecule has 2 aromatic heterocycles. The lowest BCUT2D eigenvalue weighted by molar-refractivity contribution is 0.626. The van der Waals surface area contributed by atoms with Gasteiger partial charge in [0, 0.05) is 23.8 Å². The molecule has 0 aliphatic heterocycles. The fourth-order valence-electron chi connectivity index (χ4n) is 2.23. The average molecular weight is 273 g/mol. The van der Waals surface area contributed by atoms with Crippen molar-refractivity contribution in [2.24, 2.45) is 0 Å². The Hall–Kier alpha value is -1.56. The van der Waals surface area contributed by atoms with Crippen molar-refractivity contribution in [3.05, 3.63) is 24.2 Å². The minimum Gasteiger partial charge on any atom is -0.399 e. The van der Waals surface area contributed by atoms with E-state index in [4.69, 9.17) is 5.73 Å². The van der Waals surface area contributed by atoms with E-state index >= 15 is 0 Å². The van der Waals surface area contributed by atoms with E-state index in [-0.39, 0.29) is 0 Å². The predicted molar refractivity (Wildman–Crippen MR) is 73.0 cm³/mol. The Morgan fingerprint density at radius 2 is 2.05 bits per heavy atom. The third kappa shape index (κ3) is 2.20. The highest BCUT2D eigenvalue weighted by atomic mass is 32.2. The lowest BCUT2D eigenvalue weighted by Gasteiger charge is -2.07. The number of pyridine rings is 1. The summed E-state index contributed by atoms with van der Waals surface area (Å²) in [6.07, 6.45) is 6.74. The van der Waals surface area contributed by atoms with Crippen LogP contribution in [0.4, 0.5) is 5.69 Å². The lowest BCUT2D eigenvalue weighted by Crippen LogP contribution is -2.01. The van der Waals surface area contributed by atoms with Crippen LogP contribution in [0, 0.1) is 0 Å². The van der Waals surface area contributed by atoms with Crippen LogP contribution in [0.15, 0.2) is 28.5 Å². The summed E-state index contributed by atoms with van der Waals surface area (Å²) in [5.74, 6) is 1.81. The van der Waals surface area contributed by atoms with Gasteiger partial charge in [-0.1, -0.05) is 0 Å². The molecule has 2 aliphatic carbocycles. The second-order valence-electron chi connectivity index (χ2n) is 5.25. The SMILES string of the molecule is Nc1ccnc(Sc2nnc(C3CC3)n2C2CC2)c1. The Bertz CT molecular complexity index is 615. The molecule has 19 heavy (non-hydrogen) atoms. The molecule has 2 heterocycles. The molecule has 2 fully saturated rings. The zero-order valence-corrected chi connectivity index (χ0v) is 11.3. The van der Waals surface area contributed by atoms with Crippen LogP contribution in [0.5, 0.6) is 0 Å².